The van der Waals surface area contributed by atoms with E-state index < -0.39 is 5.97 Å². The number of hydrogen-bond donors (Lipinski definition) is 1. The third kappa shape index (κ3) is 3.49. The molecule has 114 valence electrons. The molecule has 3 rings (SSSR count). The molecule has 0 fully saturated rings. The predicted molar refractivity (Wildman–Crippen MR) is 85.6 cm³/mol. The van der Waals surface area contributed by atoms with E-state index in [0.29, 0.717) is 11.3 Å². The van der Waals surface area contributed by atoms with Crippen LogP contribution in [0.3, 0.4) is 0 Å². The van der Waals surface area contributed by atoms with Crippen LogP contribution in [0.15, 0.2) is 59.5 Å². The van der Waals surface area contributed by atoms with Crippen molar-refractivity contribution in [3.8, 4) is 0 Å². The minimum Gasteiger partial charge on any atom is -0.402 e. The lowest BCUT2D eigenvalue weighted by molar-refractivity contribution is -0.129. The zero-order valence-electron chi connectivity index (χ0n) is 12.3. The van der Waals surface area contributed by atoms with Crippen molar-refractivity contribution in [2.45, 2.75) is 6.92 Å². The Balaban J connectivity index is 1.84. The Hall–Kier alpha value is -3.28. The summed E-state index contributed by atoms with van der Waals surface area (Å²) in [4.78, 5) is 31.0. The van der Waals surface area contributed by atoms with Crippen LogP contribution in [0.25, 0.3) is 6.08 Å². The quantitative estimate of drug-likeness (QED) is 0.697. The summed E-state index contributed by atoms with van der Waals surface area (Å²) in [6.45, 7) is 1.44. The average Bonchev–Trinajstić information content (AvgIpc) is 2.89. The van der Waals surface area contributed by atoms with Crippen molar-refractivity contribution in [3.05, 3.63) is 65.6 Å². The third-order valence-corrected chi connectivity index (χ3v) is 3.08. The Morgan fingerprint density at radius 3 is 2.48 bits per heavy atom. The standard InChI is InChI=1S/C17H13N3O3/c1-11(21)19-14-4-2-13(3-5-14)16-20-15(17(22)23-16)10-12-6-8-18-9-7-12/h2-10H,1H3,(H,19,21)/b15-10+. The second kappa shape index (κ2) is 6.23. The SMILES string of the molecule is CC(=O)Nc1ccc(C2=N/C(=C/c3ccncc3)C(=O)O2)cc1. The van der Waals surface area contributed by atoms with Crippen LogP contribution in [0.1, 0.15) is 18.1 Å². The highest BCUT2D eigenvalue weighted by Crippen LogP contribution is 2.20. The third-order valence-electron chi connectivity index (χ3n) is 3.08. The maximum Gasteiger partial charge on any atom is 0.363 e. The maximum atomic E-state index is 11.9. The van der Waals surface area contributed by atoms with Crippen LogP contribution < -0.4 is 5.32 Å². The Bertz CT molecular complexity index is 809. The van der Waals surface area contributed by atoms with Gasteiger partial charge in [-0.25, -0.2) is 9.79 Å². The number of esters is 1. The van der Waals surface area contributed by atoms with Crippen LogP contribution >= 0.6 is 0 Å². The van der Waals surface area contributed by atoms with Gasteiger partial charge in [0.1, 0.15) is 0 Å². The van der Waals surface area contributed by atoms with Crippen molar-refractivity contribution >= 4 is 29.5 Å². The fourth-order valence-electron chi connectivity index (χ4n) is 2.05. The zero-order chi connectivity index (χ0) is 16.2. The molecule has 0 bridgehead atoms. The van der Waals surface area contributed by atoms with Crippen molar-refractivity contribution in [1.82, 2.24) is 4.98 Å². The number of nitrogens with one attached hydrogen (secondary N) is 1. The van der Waals surface area contributed by atoms with Gasteiger partial charge in [-0.3, -0.25) is 9.78 Å². The molecule has 2 aromatic rings. The van der Waals surface area contributed by atoms with Gasteiger partial charge in [0.15, 0.2) is 5.70 Å². The molecule has 23 heavy (non-hydrogen) atoms. The number of pyridine rings is 1. The first kappa shape index (κ1) is 14.6. The monoisotopic (exact) mass is 307 g/mol. The zero-order valence-corrected chi connectivity index (χ0v) is 12.3. The van der Waals surface area contributed by atoms with Crippen LogP contribution in [-0.2, 0) is 14.3 Å². The van der Waals surface area contributed by atoms with Gasteiger partial charge in [0, 0.05) is 30.6 Å². The minimum atomic E-state index is -0.497. The molecular weight excluding hydrogens is 294 g/mol. The molecule has 1 aliphatic heterocycles. The van der Waals surface area contributed by atoms with Crippen molar-refractivity contribution in [2.75, 3.05) is 5.32 Å². The van der Waals surface area contributed by atoms with E-state index in [9.17, 15) is 9.59 Å². The molecule has 0 saturated carbocycles. The summed E-state index contributed by atoms with van der Waals surface area (Å²) in [5.41, 5.74) is 2.37. The smallest absolute Gasteiger partial charge is 0.363 e. The summed E-state index contributed by atoms with van der Waals surface area (Å²) < 4.78 is 5.19. The van der Waals surface area contributed by atoms with Crippen LogP contribution in [0.2, 0.25) is 0 Å². The molecule has 0 saturated heterocycles. The highest BCUT2D eigenvalue weighted by molar-refractivity contribution is 6.13. The Labute approximate surface area is 132 Å². The summed E-state index contributed by atoms with van der Waals surface area (Å²) in [5, 5.41) is 2.67. The maximum absolute atomic E-state index is 11.9. The van der Waals surface area contributed by atoms with Gasteiger partial charge < -0.3 is 10.1 Å². The van der Waals surface area contributed by atoms with Crippen LogP contribution in [0.4, 0.5) is 5.69 Å². The number of anilines is 1. The number of aliphatic imine (C=N–C) groups is 1. The molecule has 1 aliphatic rings. The number of amides is 1. The van der Waals surface area contributed by atoms with Gasteiger partial charge in [-0.15, -0.1) is 0 Å². The lowest BCUT2D eigenvalue weighted by atomic mass is 10.2. The van der Waals surface area contributed by atoms with E-state index in [1.54, 1.807) is 54.9 Å². The molecule has 1 aromatic carbocycles. The van der Waals surface area contributed by atoms with E-state index in [1.807, 2.05) is 0 Å². The number of ether oxygens (including phenoxy) is 1. The number of hydrogen-bond acceptors (Lipinski definition) is 5. The Morgan fingerprint density at radius 2 is 1.83 bits per heavy atom. The summed E-state index contributed by atoms with van der Waals surface area (Å²) >= 11 is 0. The molecule has 1 N–H and O–H groups in total. The summed E-state index contributed by atoms with van der Waals surface area (Å²) in [6, 6.07) is 10.4. The molecule has 1 aromatic heterocycles. The van der Waals surface area contributed by atoms with E-state index in [-0.39, 0.29) is 17.5 Å². The molecule has 0 radical (unpaired) electrons. The van der Waals surface area contributed by atoms with Gasteiger partial charge in [0.2, 0.25) is 11.8 Å². The van der Waals surface area contributed by atoms with E-state index in [0.717, 1.165) is 5.56 Å². The number of benzene rings is 1. The first-order valence-electron chi connectivity index (χ1n) is 6.92. The fourth-order valence-corrected chi connectivity index (χ4v) is 2.05. The number of rotatable bonds is 3. The number of nitrogens with zero attached hydrogens (tertiary/aromatic N) is 2. The lowest BCUT2D eigenvalue weighted by Gasteiger charge is -2.03. The molecule has 0 unspecified atom stereocenters. The molecule has 0 aliphatic carbocycles. The predicted octanol–water partition coefficient (Wildman–Crippen LogP) is 2.38. The van der Waals surface area contributed by atoms with Crippen molar-refractivity contribution in [2.24, 2.45) is 4.99 Å². The largest absolute Gasteiger partial charge is 0.402 e. The Morgan fingerprint density at radius 1 is 1.13 bits per heavy atom. The highest BCUT2D eigenvalue weighted by atomic mass is 16.6. The second-order valence-electron chi connectivity index (χ2n) is 4.88. The van der Waals surface area contributed by atoms with Gasteiger partial charge in [-0.1, -0.05) is 0 Å². The van der Waals surface area contributed by atoms with Crippen molar-refractivity contribution in [3.63, 3.8) is 0 Å². The van der Waals surface area contributed by atoms with Gasteiger partial charge in [-0.2, -0.15) is 0 Å². The normalized spacial score (nSPS) is 15.3. The molecular formula is C17H13N3O3. The van der Waals surface area contributed by atoms with Crippen LogP contribution in [0, 0.1) is 0 Å². The fraction of sp³-hybridized carbons (Fsp3) is 0.0588. The van der Waals surface area contributed by atoms with E-state index in [4.69, 9.17) is 4.74 Å². The highest BCUT2D eigenvalue weighted by Gasteiger charge is 2.24. The lowest BCUT2D eigenvalue weighted by Crippen LogP contribution is -2.07. The average molecular weight is 307 g/mol. The summed E-state index contributed by atoms with van der Waals surface area (Å²) in [6.07, 6.45) is 4.92. The van der Waals surface area contributed by atoms with Gasteiger partial charge in [-0.05, 0) is 48.0 Å². The summed E-state index contributed by atoms with van der Waals surface area (Å²) in [7, 11) is 0. The van der Waals surface area contributed by atoms with Crippen LogP contribution in [-0.4, -0.2) is 22.8 Å². The minimum absolute atomic E-state index is 0.148. The second-order valence-corrected chi connectivity index (χ2v) is 4.88. The van der Waals surface area contributed by atoms with E-state index in [1.165, 1.54) is 6.92 Å². The van der Waals surface area contributed by atoms with Crippen LogP contribution in [0.5, 0.6) is 0 Å². The summed E-state index contributed by atoms with van der Waals surface area (Å²) in [5.74, 6) is -0.405. The molecule has 0 spiro atoms. The topological polar surface area (TPSA) is 80.7 Å². The molecule has 2 heterocycles. The van der Waals surface area contributed by atoms with Crippen molar-refractivity contribution in [1.29, 1.82) is 0 Å². The number of cyclic esters (lactones) is 1. The first-order chi connectivity index (χ1) is 11.1. The van der Waals surface area contributed by atoms with Gasteiger partial charge >= 0.3 is 5.97 Å². The molecule has 1 amide bonds. The number of carbonyl (C=O) groups is 2. The van der Waals surface area contributed by atoms with E-state index >= 15 is 0 Å². The van der Waals surface area contributed by atoms with E-state index in [2.05, 4.69) is 15.3 Å². The van der Waals surface area contributed by atoms with Crippen molar-refractivity contribution < 1.29 is 14.3 Å². The number of aromatic nitrogens is 1. The number of carbonyl (C=O) groups excluding carboxylic acids is 2. The molecule has 6 nitrogen and oxygen atoms in total. The molecule has 6 heteroatoms. The Kier molecular flexibility index (Phi) is 3.97. The first-order valence-corrected chi connectivity index (χ1v) is 6.92. The molecule has 0 atom stereocenters. The van der Waals surface area contributed by atoms with Gasteiger partial charge in [0.25, 0.3) is 0 Å². The van der Waals surface area contributed by atoms with Gasteiger partial charge in [0.05, 0.1) is 0 Å².